The second-order valence-electron chi connectivity index (χ2n) is 5.48. The lowest BCUT2D eigenvalue weighted by atomic mass is 10.2. The van der Waals surface area contributed by atoms with E-state index in [1.165, 1.54) is 0 Å². The summed E-state index contributed by atoms with van der Waals surface area (Å²) >= 11 is 0. The van der Waals surface area contributed by atoms with Gasteiger partial charge in [0.15, 0.2) is 0 Å². The van der Waals surface area contributed by atoms with Gasteiger partial charge >= 0.3 is 0 Å². The fourth-order valence-corrected chi connectivity index (χ4v) is 2.08. The fourth-order valence-electron chi connectivity index (χ4n) is 2.08. The number of rotatable bonds is 10. The van der Waals surface area contributed by atoms with E-state index < -0.39 is 12.0 Å². The van der Waals surface area contributed by atoms with Gasteiger partial charge in [-0.1, -0.05) is 6.07 Å². The van der Waals surface area contributed by atoms with E-state index in [4.69, 9.17) is 20.9 Å². The molecule has 0 unspecified atom stereocenters. The van der Waals surface area contributed by atoms with Crippen LogP contribution in [-0.4, -0.2) is 43.4 Å². The monoisotopic (exact) mass is 345 g/mol. The van der Waals surface area contributed by atoms with E-state index >= 15 is 0 Å². The SMILES string of the molecule is NC(=O)c1ccc(OCCNC[C@@H](O)COc2cccc(N)c2)cc1. The lowest BCUT2D eigenvalue weighted by Gasteiger charge is -2.14. The summed E-state index contributed by atoms with van der Waals surface area (Å²) in [6.07, 6.45) is -0.642. The Labute approximate surface area is 146 Å². The van der Waals surface area contributed by atoms with Gasteiger partial charge in [0.1, 0.15) is 30.8 Å². The number of nitrogen functional groups attached to an aromatic ring is 1. The highest BCUT2D eigenvalue weighted by molar-refractivity contribution is 5.92. The number of hydrogen-bond acceptors (Lipinski definition) is 6. The van der Waals surface area contributed by atoms with Gasteiger partial charge < -0.3 is 31.4 Å². The highest BCUT2D eigenvalue weighted by Crippen LogP contribution is 2.14. The molecule has 2 aromatic rings. The molecule has 0 spiro atoms. The van der Waals surface area contributed by atoms with Crippen molar-refractivity contribution in [2.75, 3.05) is 32.0 Å². The molecule has 0 aliphatic carbocycles. The van der Waals surface area contributed by atoms with Gasteiger partial charge in [0.25, 0.3) is 0 Å². The van der Waals surface area contributed by atoms with Crippen LogP contribution in [0.3, 0.4) is 0 Å². The summed E-state index contributed by atoms with van der Waals surface area (Å²) in [5, 5.41) is 13.0. The molecule has 2 rings (SSSR count). The Morgan fingerprint density at radius 2 is 1.88 bits per heavy atom. The van der Waals surface area contributed by atoms with Gasteiger partial charge in [0.05, 0.1) is 0 Å². The Morgan fingerprint density at radius 1 is 1.12 bits per heavy atom. The molecule has 0 bridgehead atoms. The Kier molecular flexibility index (Phi) is 7.06. The van der Waals surface area contributed by atoms with Crippen molar-refractivity contribution in [2.45, 2.75) is 6.10 Å². The Hall–Kier alpha value is -2.77. The maximum atomic E-state index is 11.0. The molecule has 0 saturated heterocycles. The van der Waals surface area contributed by atoms with E-state index in [9.17, 15) is 9.90 Å². The summed E-state index contributed by atoms with van der Waals surface area (Å²) in [6.45, 7) is 1.55. The van der Waals surface area contributed by atoms with Crippen LogP contribution in [0.2, 0.25) is 0 Å². The third kappa shape index (κ3) is 6.70. The van der Waals surface area contributed by atoms with Gasteiger partial charge in [-0.3, -0.25) is 4.79 Å². The third-order valence-corrected chi connectivity index (χ3v) is 3.37. The number of nitrogens with two attached hydrogens (primary N) is 2. The molecule has 0 saturated carbocycles. The normalized spacial score (nSPS) is 11.7. The molecule has 6 N–H and O–H groups in total. The van der Waals surface area contributed by atoms with Crippen molar-refractivity contribution in [3.63, 3.8) is 0 Å². The zero-order chi connectivity index (χ0) is 18.1. The van der Waals surface area contributed by atoms with E-state index in [2.05, 4.69) is 5.32 Å². The van der Waals surface area contributed by atoms with Crippen molar-refractivity contribution < 1.29 is 19.4 Å². The van der Waals surface area contributed by atoms with Gasteiger partial charge in [0, 0.05) is 30.4 Å². The number of aliphatic hydroxyl groups excluding tert-OH is 1. The number of benzene rings is 2. The average molecular weight is 345 g/mol. The van der Waals surface area contributed by atoms with Crippen molar-refractivity contribution in [2.24, 2.45) is 5.73 Å². The summed E-state index contributed by atoms with van der Waals surface area (Å²) in [4.78, 5) is 11.0. The van der Waals surface area contributed by atoms with Crippen molar-refractivity contribution in [1.82, 2.24) is 5.32 Å². The van der Waals surface area contributed by atoms with Crippen LogP contribution < -0.4 is 26.3 Å². The van der Waals surface area contributed by atoms with Crippen molar-refractivity contribution >= 4 is 11.6 Å². The number of hydrogen-bond donors (Lipinski definition) is 4. The number of aliphatic hydroxyl groups is 1. The smallest absolute Gasteiger partial charge is 0.248 e. The average Bonchev–Trinajstić information content (AvgIpc) is 2.60. The van der Waals surface area contributed by atoms with Crippen LogP contribution in [0.4, 0.5) is 5.69 Å². The molecule has 0 aromatic heterocycles. The number of anilines is 1. The van der Waals surface area contributed by atoms with Crippen LogP contribution in [0.15, 0.2) is 48.5 Å². The Morgan fingerprint density at radius 3 is 2.56 bits per heavy atom. The fraction of sp³-hybridized carbons (Fsp3) is 0.278. The molecule has 7 heteroatoms. The second-order valence-corrected chi connectivity index (χ2v) is 5.48. The first-order chi connectivity index (χ1) is 12.0. The molecule has 1 amide bonds. The Balaban J connectivity index is 1.58. The minimum absolute atomic E-state index is 0.173. The van der Waals surface area contributed by atoms with Gasteiger partial charge in [-0.15, -0.1) is 0 Å². The standard InChI is InChI=1S/C18H23N3O4/c19-14-2-1-3-17(10-14)25-12-15(22)11-21-8-9-24-16-6-4-13(5-7-16)18(20)23/h1-7,10,15,21-22H,8-9,11-12,19H2,(H2,20,23)/t15-/m1/s1. The quantitative estimate of drug-likeness (QED) is 0.373. The van der Waals surface area contributed by atoms with Gasteiger partial charge in [-0.05, 0) is 36.4 Å². The topological polar surface area (TPSA) is 120 Å². The van der Waals surface area contributed by atoms with E-state index in [-0.39, 0.29) is 6.61 Å². The molecule has 0 radical (unpaired) electrons. The first-order valence-corrected chi connectivity index (χ1v) is 7.94. The van der Waals surface area contributed by atoms with Crippen LogP contribution in [-0.2, 0) is 0 Å². The highest BCUT2D eigenvalue weighted by Gasteiger charge is 2.05. The van der Waals surface area contributed by atoms with Crippen LogP contribution in [0.25, 0.3) is 0 Å². The van der Waals surface area contributed by atoms with Gasteiger partial charge in [-0.25, -0.2) is 0 Å². The number of amides is 1. The van der Waals surface area contributed by atoms with Crippen LogP contribution in [0, 0.1) is 0 Å². The summed E-state index contributed by atoms with van der Waals surface area (Å²) in [6, 6.07) is 13.7. The third-order valence-electron chi connectivity index (χ3n) is 3.37. The molecule has 0 fully saturated rings. The predicted molar refractivity (Wildman–Crippen MR) is 95.7 cm³/mol. The summed E-state index contributed by atoms with van der Waals surface area (Å²) in [7, 11) is 0. The van der Waals surface area contributed by atoms with Gasteiger partial charge in [-0.2, -0.15) is 0 Å². The van der Waals surface area contributed by atoms with E-state index in [0.29, 0.717) is 42.4 Å². The summed E-state index contributed by atoms with van der Waals surface area (Å²) in [5.74, 6) is 0.807. The number of carbonyl (C=O) groups is 1. The second kappa shape index (κ2) is 9.51. The molecule has 134 valence electrons. The van der Waals surface area contributed by atoms with Crippen molar-refractivity contribution in [3.8, 4) is 11.5 Å². The zero-order valence-corrected chi connectivity index (χ0v) is 13.9. The molecule has 7 nitrogen and oxygen atoms in total. The van der Waals surface area contributed by atoms with Crippen molar-refractivity contribution in [3.05, 3.63) is 54.1 Å². The van der Waals surface area contributed by atoms with E-state index in [0.717, 1.165) is 0 Å². The first-order valence-electron chi connectivity index (χ1n) is 7.94. The van der Waals surface area contributed by atoms with Crippen molar-refractivity contribution in [1.29, 1.82) is 0 Å². The number of carbonyl (C=O) groups excluding carboxylic acids is 1. The number of nitrogens with one attached hydrogen (secondary N) is 1. The van der Waals surface area contributed by atoms with Gasteiger partial charge in [0.2, 0.25) is 5.91 Å². The number of primary amides is 1. The lowest BCUT2D eigenvalue weighted by molar-refractivity contribution is 0.1000. The highest BCUT2D eigenvalue weighted by atomic mass is 16.5. The minimum Gasteiger partial charge on any atom is -0.492 e. The van der Waals surface area contributed by atoms with E-state index in [1.54, 1.807) is 48.5 Å². The lowest BCUT2D eigenvalue weighted by Crippen LogP contribution is -2.33. The zero-order valence-electron chi connectivity index (χ0n) is 13.9. The first kappa shape index (κ1) is 18.6. The minimum atomic E-state index is -0.642. The molecule has 0 aliphatic rings. The van der Waals surface area contributed by atoms with Crippen LogP contribution in [0.1, 0.15) is 10.4 Å². The van der Waals surface area contributed by atoms with Crippen LogP contribution in [0.5, 0.6) is 11.5 Å². The maximum absolute atomic E-state index is 11.0. The maximum Gasteiger partial charge on any atom is 0.248 e. The molecule has 0 heterocycles. The molecule has 1 atom stereocenters. The predicted octanol–water partition coefficient (Wildman–Crippen LogP) is 0.776. The van der Waals surface area contributed by atoms with Crippen LogP contribution >= 0.6 is 0 Å². The molecular formula is C18H23N3O4. The number of ether oxygens (including phenoxy) is 2. The molecular weight excluding hydrogens is 322 g/mol. The Bertz CT molecular complexity index is 676. The molecule has 0 aliphatic heterocycles. The summed E-state index contributed by atoms with van der Waals surface area (Å²) < 4.78 is 11.0. The largest absolute Gasteiger partial charge is 0.492 e. The molecule has 2 aromatic carbocycles. The van der Waals surface area contributed by atoms with E-state index in [1.807, 2.05) is 0 Å². The summed E-state index contributed by atoms with van der Waals surface area (Å²) in [5.41, 5.74) is 11.9. The molecule has 25 heavy (non-hydrogen) atoms.